The third kappa shape index (κ3) is 1.58. The summed E-state index contributed by atoms with van der Waals surface area (Å²) in [5, 5.41) is 9.07. The van der Waals surface area contributed by atoms with Gasteiger partial charge in [-0.2, -0.15) is 0 Å². The van der Waals surface area contributed by atoms with Gasteiger partial charge >= 0.3 is 5.97 Å². The Kier molecular flexibility index (Phi) is 2.46. The molecule has 1 aromatic rings. The molecule has 2 aliphatic rings. The number of hydrogen-bond donors (Lipinski definition) is 1. The molecule has 2 heteroatoms. The van der Waals surface area contributed by atoms with E-state index in [1.165, 1.54) is 30.4 Å². The Hall–Kier alpha value is -1.31. The third-order valence-corrected chi connectivity index (χ3v) is 4.76. The topological polar surface area (TPSA) is 37.3 Å². The van der Waals surface area contributed by atoms with Crippen LogP contribution in [0.15, 0.2) is 24.3 Å². The molecule has 1 atom stereocenters. The van der Waals surface area contributed by atoms with Gasteiger partial charge in [0.05, 0.1) is 0 Å². The van der Waals surface area contributed by atoms with Gasteiger partial charge in [0.15, 0.2) is 0 Å². The molecule has 0 radical (unpaired) electrons. The van der Waals surface area contributed by atoms with E-state index in [4.69, 9.17) is 5.11 Å². The van der Waals surface area contributed by atoms with E-state index in [-0.39, 0.29) is 5.41 Å². The van der Waals surface area contributed by atoms with Crippen molar-refractivity contribution in [2.45, 2.75) is 43.9 Å². The molecular formula is C15H18O2. The Morgan fingerprint density at radius 3 is 2.76 bits per heavy atom. The number of fused-ring (bicyclic) bond motifs is 2. The van der Waals surface area contributed by atoms with Gasteiger partial charge < -0.3 is 5.11 Å². The summed E-state index contributed by atoms with van der Waals surface area (Å²) in [7, 11) is 0. The van der Waals surface area contributed by atoms with Crippen molar-refractivity contribution in [2.24, 2.45) is 5.92 Å². The van der Waals surface area contributed by atoms with Gasteiger partial charge in [0.2, 0.25) is 0 Å². The van der Waals surface area contributed by atoms with E-state index in [1.807, 2.05) is 0 Å². The van der Waals surface area contributed by atoms with Crippen molar-refractivity contribution in [2.75, 3.05) is 0 Å². The lowest BCUT2D eigenvalue weighted by molar-refractivity contribution is -0.139. The summed E-state index contributed by atoms with van der Waals surface area (Å²) in [6.07, 6.45) is 6.06. The lowest BCUT2D eigenvalue weighted by atomic mass is 9.52. The quantitative estimate of drug-likeness (QED) is 0.847. The van der Waals surface area contributed by atoms with Crippen LogP contribution in [0.1, 0.15) is 43.2 Å². The van der Waals surface area contributed by atoms with Crippen LogP contribution < -0.4 is 0 Å². The summed E-state index contributed by atoms with van der Waals surface area (Å²) in [5.74, 6) is -0.288. The van der Waals surface area contributed by atoms with Crippen LogP contribution in [0.2, 0.25) is 0 Å². The largest absolute Gasteiger partial charge is 0.481 e. The predicted octanol–water partition coefficient (Wildman–Crippen LogP) is 3.15. The van der Waals surface area contributed by atoms with Gasteiger partial charge in [0, 0.05) is 6.42 Å². The minimum atomic E-state index is -0.638. The molecule has 1 unspecified atom stereocenters. The monoisotopic (exact) mass is 230 g/mol. The molecule has 2 nitrogen and oxygen atoms in total. The molecule has 0 aliphatic heterocycles. The normalized spacial score (nSPS) is 25.1. The Balaban J connectivity index is 1.99. The first-order valence-electron chi connectivity index (χ1n) is 6.52. The summed E-state index contributed by atoms with van der Waals surface area (Å²) in [6, 6.07) is 8.64. The molecule has 1 fully saturated rings. The van der Waals surface area contributed by atoms with E-state index in [0.717, 1.165) is 12.8 Å². The number of carboxylic acids is 1. The van der Waals surface area contributed by atoms with E-state index < -0.39 is 5.97 Å². The smallest absolute Gasteiger partial charge is 0.303 e. The van der Waals surface area contributed by atoms with E-state index in [0.29, 0.717) is 12.3 Å². The molecule has 0 amide bonds. The summed E-state index contributed by atoms with van der Waals surface area (Å²) in [6.45, 7) is 0. The van der Waals surface area contributed by atoms with Crippen LogP contribution >= 0.6 is 0 Å². The van der Waals surface area contributed by atoms with E-state index >= 15 is 0 Å². The summed E-state index contributed by atoms with van der Waals surface area (Å²) in [5.41, 5.74) is 3.10. The van der Waals surface area contributed by atoms with Crippen molar-refractivity contribution in [3.63, 3.8) is 0 Å². The highest BCUT2D eigenvalue weighted by Gasteiger charge is 2.48. The maximum atomic E-state index is 11.0. The second kappa shape index (κ2) is 3.86. The zero-order chi connectivity index (χ0) is 11.9. The van der Waals surface area contributed by atoms with Crippen LogP contribution in [0.4, 0.5) is 0 Å². The number of aliphatic carboxylic acids is 1. The van der Waals surface area contributed by atoms with Crippen LogP contribution in [-0.2, 0) is 16.6 Å². The van der Waals surface area contributed by atoms with Crippen molar-refractivity contribution >= 4 is 5.97 Å². The number of carbonyl (C=O) groups is 1. The number of hydrogen-bond acceptors (Lipinski definition) is 1. The molecule has 0 heterocycles. The second-order valence-electron chi connectivity index (χ2n) is 5.50. The van der Waals surface area contributed by atoms with Crippen molar-refractivity contribution in [3.8, 4) is 0 Å². The molecule has 0 saturated heterocycles. The van der Waals surface area contributed by atoms with Gasteiger partial charge in [0.1, 0.15) is 0 Å². The van der Waals surface area contributed by atoms with Gasteiger partial charge in [-0.15, -0.1) is 0 Å². The van der Waals surface area contributed by atoms with Crippen LogP contribution in [0.3, 0.4) is 0 Å². The maximum absolute atomic E-state index is 11.0. The number of carboxylic acid groups (broad SMARTS) is 1. The van der Waals surface area contributed by atoms with Gasteiger partial charge in [-0.3, -0.25) is 4.79 Å². The molecule has 1 saturated carbocycles. The fourth-order valence-electron chi connectivity index (χ4n) is 3.79. The molecule has 90 valence electrons. The van der Waals surface area contributed by atoms with Gasteiger partial charge in [-0.1, -0.05) is 30.7 Å². The van der Waals surface area contributed by atoms with Crippen molar-refractivity contribution in [1.29, 1.82) is 0 Å². The highest BCUT2D eigenvalue weighted by atomic mass is 16.4. The molecule has 1 aromatic carbocycles. The molecule has 2 aliphatic carbocycles. The van der Waals surface area contributed by atoms with Gasteiger partial charge in [0.25, 0.3) is 0 Å². The zero-order valence-corrected chi connectivity index (χ0v) is 9.98. The standard InChI is InChI=1S/C15H18O2/c16-14(17)10-12-7-6-11-4-1-2-5-13(11)15(12)8-3-9-15/h1-2,4-5,12H,3,6-10H2,(H,16,17). The average molecular weight is 230 g/mol. The lowest BCUT2D eigenvalue weighted by Crippen LogP contribution is -2.45. The van der Waals surface area contributed by atoms with Crippen LogP contribution in [0.25, 0.3) is 0 Å². The highest BCUT2D eigenvalue weighted by molar-refractivity contribution is 5.67. The van der Waals surface area contributed by atoms with Crippen molar-refractivity contribution < 1.29 is 9.90 Å². The number of benzene rings is 1. The molecule has 0 bridgehead atoms. The third-order valence-electron chi connectivity index (χ3n) is 4.76. The number of aryl methyl sites for hydroxylation is 1. The maximum Gasteiger partial charge on any atom is 0.303 e. The second-order valence-corrected chi connectivity index (χ2v) is 5.50. The molecular weight excluding hydrogens is 212 g/mol. The first-order valence-corrected chi connectivity index (χ1v) is 6.52. The zero-order valence-electron chi connectivity index (χ0n) is 9.98. The summed E-state index contributed by atoms with van der Waals surface area (Å²) in [4.78, 5) is 11.0. The van der Waals surface area contributed by atoms with E-state index in [9.17, 15) is 4.79 Å². The first-order chi connectivity index (χ1) is 8.22. The van der Waals surface area contributed by atoms with Gasteiger partial charge in [-0.25, -0.2) is 0 Å². The Bertz CT molecular complexity index is 446. The molecule has 1 spiro atoms. The van der Waals surface area contributed by atoms with E-state index in [2.05, 4.69) is 24.3 Å². The summed E-state index contributed by atoms with van der Waals surface area (Å²) < 4.78 is 0. The Labute approximate surface area is 102 Å². The molecule has 3 rings (SSSR count). The van der Waals surface area contributed by atoms with Crippen LogP contribution in [0.5, 0.6) is 0 Å². The highest BCUT2D eigenvalue weighted by Crippen LogP contribution is 2.55. The SMILES string of the molecule is O=C(O)CC1CCc2ccccc2C12CCC2. The average Bonchev–Trinajstić information content (AvgIpc) is 2.26. The van der Waals surface area contributed by atoms with Gasteiger partial charge in [-0.05, 0) is 48.1 Å². The lowest BCUT2D eigenvalue weighted by Gasteiger charge is -2.51. The molecule has 17 heavy (non-hydrogen) atoms. The Morgan fingerprint density at radius 2 is 2.12 bits per heavy atom. The number of rotatable bonds is 2. The van der Waals surface area contributed by atoms with Crippen molar-refractivity contribution in [3.05, 3.63) is 35.4 Å². The predicted molar refractivity (Wildman–Crippen MR) is 66.0 cm³/mol. The molecule has 1 N–H and O–H groups in total. The minimum Gasteiger partial charge on any atom is -0.481 e. The Morgan fingerprint density at radius 1 is 1.35 bits per heavy atom. The minimum absolute atomic E-state index is 0.202. The fourth-order valence-corrected chi connectivity index (χ4v) is 3.79. The van der Waals surface area contributed by atoms with Crippen LogP contribution in [0, 0.1) is 5.92 Å². The molecule has 0 aromatic heterocycles. The van der Waals surface area contributed by atoms with E-state index in [1.54, 1.807) is 0 Å². The fraction of sp³-hybridized carbons (Fsp3) is 0.533. The first kappa shape index (κ1) is 10.8. The van der Waals surface area contributed by atoms with Crippen LogP contribution in [-0.4, -0.2) is 11.1 Å². The summed E-state index contributed by atoms with van der Waals surface area (Å²) >= 11 is 0. The van der Waals surface area contributed by atoms with Crippen molar-refractivity contribution in [1.82, 2.24) is 0 Å².